The highest BCUT2D eigenvalue weighted by molar-refractivity contribution is 6.31. The van der Waals surface area contributed by atoms with Crippen molar-refractivity contribution in [2.45, 2.75) is 45.2 Å². The number of carbonyl (C=O) groups is 1. The molecule has 0 saturated carbocycles. The highest BCUT2D eigenvalue weighted by Gasteiger charge is 2.36. The van der Waals surface area contributed by atoms with Gasteiger partial charge in [-0.15, -0.1) is 0 Å². The number of likely N-dealkylation sites (tertiary alicyclic amines) is 1. The predicted molar refractivity (Wildman–Crippen MR) is 114 cm³/mol. The molecule has 1 amide bonds. The number of nitrogens with zero attached hydrogens (tertiary/aromatic N) is 3. The molecule has 8 heteroatoms. The summed E-state index contributed by atoms with van der Waals surface area (Å²) in [6.45, 7) is 2.85. The number of rotatable bonds is 8. The molecule has 6 nitrogen and oxygen atoms in total. The van der Waals surface area contributed by atoms with Crippen LogP contribution < -0.4 is 4.74 Å². The second-order valence-corrected chi connectivity index (χ2v) is 7.87. The summed E-state index contributed by atoms with van der Waals surface area (Å²) in [6, 6.07) is 11.5. The normalized spacial score (nSPS) is 16.2. The third-order valence-corrected chi connectivity index (χ3v) is 5.68. The zero-order chi connectivity index (χ0) is 21.8. The first-order valence-corrected chi connectivity index (χ1v) is 10.7. The van der Waals surface area contributed by atoms with Crippen molar-refractivity contribution in [2.75, 3.05) is 6.61 Å². The van der Waals surface area contributed by atoms with Crippen molar-refractivity contribution in [3.05, 3.63) is 64.8 Å². The lowest BCUT2D eigenvalue weighted by molar-refractivity contribution is -0.130. The molecular formula is C23H23ClFN3O3. The fourth-order valence-electron chi connectivity index (χ4n) is 3.56. The van der Waals surface area contributed by atoms with Gasteiger partial charge in [0.1, 0.15) is 17.6 Å². The van der Waals surface area contributed by atoms with Gasteiger partial charge in [0.2, 0.25) is 17.6 Å². The SMILES string of the molecule is CCCCOc1ccc(-c2noc(C3CCC(=O)N3Cc3c(F)cccc3Cl)n2)cc1. The Balaban J connectivity index is 1.50. The van der Waals surface area contributed by atoms with E-state index in [4.69, 9.17) is 20.9 Å². The molecule has 1 fully saturated rings. The second-order valence-electron chi connectivity index (χ2n) is 7.46. The number of hydrogen-bond donors (Lipinski definition) is 0. The van der Waals surface area contributed by atoms with E-state index >= 15 is 0 Å². The summed E-state index contributed by atoms with van der Waals surface area (Å²) >= 11 is 6.15. The molecular weight excluding hydrogens is 421 g/mol. The number of aromatic nitrogens is 2. The van der Waals surface area contributed by atoms with E-state index in [1.165, 1.54) is 12.1 Å². The second kappa shape index (κ2) is 9.47. The standard InChI is InChI=1S/C23H23ClFN3O3/c1-2-3-13-30-16-9-7-15(8-10-16)22-26-23(31-27-22)20-11-12-21(29)28(20)14-17-18(24)5-4-6-19(17)25/h4-10,20H,2-3,11-14H2,1H3. The van der Waals surface area contributed by atoms with Gasteiger partial charge in [0.25, 0.3) is 0 Å². The molecule has 2 heterocycles. The summed E-state index contributed by atoms with van der Waals surface area (Å²) in [5.74, 6) is 1.00. The van der Waals surface area contributed by atoms with Crippen LogP contribution in [0.15, 0.2) is 47.0 Å². The minimum atomic E-state index is -0.446. The Hall–Kier alpha value is -2.93. The fourth-order valence-corrected chi connectivity index (χ4v) is 3.79. The Morgan fingerprint density at radius 3 is 2.81 bits per heavy atom. The van der Waals surface area contributed by atoms with E-state index in [0.717, 1.165) is 24.2 Å². The molecule has 1 aromatic heterocycles. The molecule has 162 valence electrons. The molecule has 0 aliphatic carbocycles. The topological polar surface area (TPSA) is 68.5 Å². The van der Waals surface area contributed by atoms with Crippen LogP contribution in [-0.4, -0.2) is 27.6 Å². The molecule has 1 unspecified atom stereocenters. The molecule has 1 saturated heterocycles. The number of amides is 1. The number of ether oxygens (including phenoxy) is 1. The average molecular weight is 444 g/mol. The number of carbonyl (C=O) groups excluding carboxylic acids is 1. The smallest absolute Gasteiger partial charge is 0.249 e. The van der Waals surface area contributed by atoms with Crippen LogP contribution in [0.5, 0.6) is 5.75 Å². The third kappa shape index (κ3) is 4.71. The summed E-state index contributed by atoms with van der Waals surface area (Å²) in [5.41, 5.74) is 1.06. The van der Waals surface area contributed by atoms with Crippen LogP contribution in [-0.2, 0) is 11.3 Å². The minimum absolute atomic E-state index is 0.0521. The quantitative estimate of drug-likeness (QED) is 0.425. The lowest BCUT2D eigenvalue weighted by Crippen LogP contribution is -2.28. The highest BCUT2D eigenvalue weighted by atomic mass is 35.5. The van der Waals surface area contributed by atoms with Gasteiger partial charge in [0, 0.05) is 22.6 Å². The van der Waals surface area contributed by atoms with Crippen LogP contribution in [0.4, 0.5) is 4.39 Å². The molecule has 4 rings (SSSR count). The molecule has 0 bridgehead atoms. The van der Waals surface area contributed by atoms with Crippen molar-refractivity contribution in [3.63, 3.8) is 0 Å². The third-order valence-electron chi connectivity index (χ3n) is 5.32. The van der Waals surface area contributed by atoms with Gasteiger partial charge in [-0.3, -0.25) is 4.79 Å². The molecule has 31 heavy (non-hydrogen) atoms. The molecule has 3 aromatic rings. The Morgan fingerprint density at radius 1 is 1.26 bits per heavy atom. The monoisotopic (exact) mass is 443 g/mol. The van der Waals surface area contributed by atoms with E-state index in [9.17, 15) is 9.18 Å². The fraction of sp³-hybridized carbons (Fsp3) is 0.348. The number of unbranched alkanes of at least 4 members (excludes halogenated alkanes) is 1. The molecule has 0 spiro atoms. The number of halogens is 2. The first-order chi connectivity index (χ1) is 15.1. The van der Waals surface area contributed by atoms with E-state index in [-0.39, 0.29) is 23.0 Å². The van der Waals surface area contributed by atoms with Crippen molar-refractivity contribution in [1.82, 2.24) is 15.0 Å². The zero-order valence-electron chi connectivity index (χ0n) is 17.2. The summed E-state index contributed by atoms with van der Waals surface area (Å²) in [6.07, 6.45) is 2.94. The van der Waals surface area contributed by atoms with Gasteiger partial charge in [0.05, 0.1) is 13.2 Å². The largest absolute Gasteiger partial charge is 0.494 e. The van der Waals surface area contributed by atoms with Gasteiger partial charge in [-0.2, -0.15) is 4.98 Å². The minimum Gasteiger partial charge on any atom is -0.494 e. The first kappa shape index (κ1) is 21.3. The van der Waals surface area contributed by atoms with E-state index in [1.807, 2.05) is 24.3 Å². The summed E-state index contributed by atoms with van der Waals surface area (Å²) < 4.78 is 25.4. The van der Waals surface area contributed by atoms with Gasteiger partial charge >= 0.3 is 0 Å². The van der Waals surface area contributed by atoms with Crippen LogP contribution in [0.25, 0.3) is 11.4 Å². The molecule has 1 atom stereocenters. The van der Waals surface area contributed by atoms with E-state index < -0.39 is 11.9 Å². The van der Waals surface area contributed by atoms with Crippen LogP contribution in [0.2, 0.25) is 5.02 Å². The zero-order valence-corrected chi connectivity index (χ0v) is 17.9. The maximum Gasteiger partial charge on any atom is 0.249 e. The van der Waals surface area contributed by atoms with Crippen LogP contribution >= 0.6 is 11.6 Å². The number of benzene rings is 2. The van der Waals surface area contributed by atoms with E-state index in [1.54, 1.807) is 11.0 Å². The van der Waals surface area contributed by atoms with Crippen molar-refractivity contribution >= 4 is 17.5 Å². The van der Waals surface area contributed by atoms with Gasteiger partial charge in [-0.25, -0.2) is 4.39 Å². The molecule has 1 aliphatic rings. The summed E-state index contributed by atoms with van der Waals surface area (Å²) in [5, 5.41) is 4.36. The Morgan fingerprint density at radius 2 is 2.06 bits per heavy atom. The van der Waals surface area contributed by atoms with Gasteiger partial charge in [-0.05, 0) is 49.2 Å². The maximum absolute atomic E-state index is 14.2. The van der Waals surface area contributed by atoms with Crippen molar-refractivity contribution in [3.8, 4) is 17.1 Å². The first-order valence-electron chi connectivity index (χ1n) is 10.4. The lowest BCUT2D eigenvalue weighted by atomic mass is 10.1. The highest BCUT2D eigenvalue weighted by Crippen LogP contribution is 2.35. The van der Waals surface area contributed by atoms with Gasteiger partial charge in [-0.1, -0.05) is 36.2 Å². The van der Waals surface area contributed by atoms with Gasteiger partial charge in [0.15, 0.2) is 0 Å². The van der Waals surface area contributed by atoms with Crippen molar-refractivity contribution in [2.24, 2.45) is 0 Å². The van der Waals surface area contributed by atoms with Crippen LogP contribution in [0, 0.1) is 5.82 Å². The molecule has 0 radical (unpaired) electrons. The predicted octanol–water partition coefficient (Wildman–Crippen LogP) is 5.57. The number of hydrogen-bond acceptors (Lipinski definition) is 5. The van der Waals surface area contributed by atoms with Crippen LogP contribution in [0.3, 0.4) is 0 Å². The maximum atomic E-state index is 14.2. The van der Waals surface area contributed by atoms with Gasteiger partial charge < -0.3 is 14.2 Å². The van der Waals surface area contributed by atoms with Crippen LogP contribution in [0.1, 0.15) is 50.1 Å². The Kier molecular flexibility index (Phi) is 6.51. The summed E-state index contributed by atoms with van der Waals surface area (Å²) in [4.78, 5) is 18.5. The van der Waals surface area contributed by atoms with E-state index in [2.05, 4.69) is 17.1 Å². The van der Waals surface area contributed by atoms with E-state index in [0.29, 0.717) is 31.2 Å². The molecule has 2 aromatic carbocycles. The summed E-state index contributed by atoms with van der Waals surface area (Å²) in [7, 11) is 0. The Labute approximate surface area is 185 Å². The lowest BCUT2D eigenvalue weighted by Gasteiger charge is -2.22. The van der Waals surface area contributed by atoms with Crippen molar-refractivity contribution < 1.29 is 18.4 Å². The molecule has 1 aliphatic heterocycles. The average Bonchev–Trinajstić information content (AvgIpc) is 3.39. The Bertz CT molecular complexity index is 1030. The van der Waals surface area contributed by atoms with Crippen molar-refractivity contribution in [1.29, 1.82) is 0 Å². The molecule has 0 N–H and O–H groups in total.